The van der Waals surface area contributed by atoms with Crippen LogP contribution in [0, 0.1) is 0 Å². The highest BCUT2D eigenvalue weighted by molar-refractivity contribution is 6.31. The Morgan fingerprint density at radius 3 is 2.63 bits per heavy atom. The summed E-state index contributed by atoms with van der Waals surface area (Å²) in [5.41, 5.74) is 1.94. The molecule has 35 heavy (non-hydrogen) atoms. The Hall–Kier alpha value is -3.75. The molecule has 1 N–H and O–H groups in total. The molecule has 0 bridgehead atoms. The lowest BCUT2D eigenvalue weighted by Gasteiger charge is -2.24. The van der Waals surface area contributed by atoms with Crippen LogP contribution in [0.3, 0.4) is 0 Å². The fourth-order valence-corrected chi connectivity index (χ4v) is 4.57. The van der Waals surface area contributed by atoms with Crippen molar-refractivity contribution in [3.63, 3.8) is 0 Å². The molecular weight excluding hydrogens is 464 g/mol. The van der Waals surface area contributed by atoms with Crippen molar-refractivity contribution in [3.05, 3.63) is 101 Å². The maximum atomic E-state index is 13.3. The lowest BCUT2D eigenvalue weighted by atomic mass is 10.1. The van der Waals surface area contributed by atoms with Crippen LogP contribution in [0.25, 0.3) is 0 Å². The number of ether oxygens (including phenoxy) is 1. The van der Waals surface area contributed by atoms with Crippen LogP contribution in [0.4, 0.5) is 0 Å². The number of carbonyl (C=O) groups excluding carboxylic acids is 1. The van der Waals surface area contributed by atoms with E-state index >= 15 is 0 Å². The highest BCUT2D eigenvalue weighted by Gasteiger charge is 2.38. The van der Waals surface area contributed by atoms with Gasteiger partial charge >= 0.3 is 0 Å². The van der Waals surface area contributed by atoms with Gasteiger partial charge in [0.15, 0.2) is 0 Å². The van der Waals surface area contributed by atoms with E-state index < -0.39 is 0 Å². The van der Waals surface area contributed by atoms with Crippen molar-refractivity contribution in [2.45, 2.75) is 31.6 Å². The van der Waals surface area contributed by atoms with Crippen molar-refractivity contribution in [2.24, 2.45) is 0 Å². The molecule has 178 valence electrons. The number of nitrogens with zero attached hydrogens (tertiary/aromatic N) is 5. The molecular formula is C26H25ClN6O2. The number of amides is 1. The second-order valence-electron chi connectivity index (χ2n) is 8.50. The summed E-state index contributed by atoms with van der Waals surface area (Å²) < 4.78 is 7.72. The standard InChI is InChI=1S/C26H25ClN6O2/c27-24-12-5-4-8-20(24)15-28-26(34)25-14-21(33-18-29-30-31-33)17-32(25)16-19-7-6-11-23(13-19)35-22-9-2-1-3-10-22/h1-13,18,21,25H,14-17H2,(H,28,34)/t21-,25+/m1/s1. The first-order chi connectivity index (χ1) is 17.2. The second-order valence-corrected chi connectivity index (χ2v) is 8.90. The number of hydrogen-bond acceptors (Lipinski definition) is 6. The van der Waals surface area contributed by atoms with Gasteiger partial charge in [-0.15, -0.1) is 5.10 Å². The smallest absolute Gasteiger partial charge is 0.237 e. The molecule has 8 nitrogen and oxygen atoms in total. The van der Waals surface area contributed by atoms with E-state index in [-0.39, 0.29) is 18.0 Å². The maximum absolute atomic E-state index is 13.3. The topological polar surface area (TPSA) is 85.2 Å². The predicted molar refractivity (Wildman–Crippen MR) is 132 cm³/mol. The summed E-state index contributed by atoms with van der Waals surface area (Å²) >= 11 is 6.27. The molecule has 1 aromatic heterocycles. The normalized spacial score (nSPS) is 17.9. The minimum Gasteiger partial charge on any atom is -0.457 e. The molecule has 0 unspecified atom stereocenters. The van der Waals surface area contributed by atoms with E-state index in [2.05, 4.69) is 25.7 Å². The first kappa shape index (κ1) is 23.0. The van der Waals surface area contributed by atoms with Crippen LogP contribution in [-0.2, 0) is 17.9 Å². The maximum Gasteiger partial charge on any atom is 0.237 e. The van der Waals surface area contributed by atoms with Crippen LogP contribution in [0.5, 0.6) is 11.5 Å². The van der Waals surface area contributed by atoms with Crippen LogP contribution in [-0.4, -0.2) is 43.6 Å². The molecule has 3 aromatic carbocycles. The third-order valence-corrected chi connectivity index (χ3v) is 6.47. The summed E-state index contributed by atoms with van der Waals surface area (Å²) in [6.45, 7) is 1.62. The van der Waals surface area contributed by atoms with Crippen molar-refractivity contribution in [1.82, 2.24) is 30.4 Å². The Morgan fingerprint density at radius 1 is 1.03 bits per heavy atom. The largest absolute Gasteiger partial charge is 0.457 e. The van der Waals surface area contributed by atoms with Gasteiger partial charge in [-0.1, -0.05) is 60.1 Å². The summed E-state index contributed by atoms with van der Waals surface area (Å²) in [5, 5.41) is 15.3. The molecule has 2 heterocycles. The first-order valence-electron chi connectivity index (χ1n) is 11.5. The number of hydrogen-bond donors (Lipinski definition) is 1. The summed E-state index contributed by atoms with van der Waals surface area (Å²) in [6.07, 6.45) is 2.21. The third kappa shape index (κ3) is 5.67. The second kappa shape index (κ2) is 10.7. The van der Waals surface area contributed by atoms with E-state index in [0.29, 0.717) is 31.1 Å². The highest BCUT2D eigenvalue weighted by atomic mass is 35.5. The van der Waals surface area contributed by atoms with Crippen molar-refractivity contribution in [1.29, 1.82) is 0 Å². The van der Waals surface area contributed by atoms with Gasteiger partial charge in [-0.25, -0.2) is 4.68 Å². The van der Waals surface area contributed by atoms with Crippen LogP contribution in [0.1, 0.15) is 23.6 Å². The quantitative estimate of drug-likeness (QED) is 0.399. The number of benzene rings is 3. The number of rotatable bonds is 8. The van der Waals surface area contributed by atoms with Gasteiger partial charge < -0.3 is 10.1 Å². The Bertz CT molecular complexity index is 1270. The molecule has 1 fully saturated rings. The molecule has 0 radical (unpaired) electrons. The zero-order valence-electron chi connectivity index (χ0n) is 19.0. The molecule has 1 aliphatic rings. The third-order valence-electron chi connectivity index (χ3n) is 6.10. The summed E-state index contributed by atoms with van der Waals surface area (Å²) in [4.78, 5) is 15.4. The number of likely N-dealkylation sites (tertiary alicyclic amines) is 1. The predicted octanol–water partition coefficient (Wildman–Crippen LogP) is 4.25. The Morgan fingerprint density at radius 2 is 1.83 bits per heavy atom. The van der Waals surface area contributed by atoms with E-state index in [1.54, 1.807) is 11.0 Å². The SMILES string of the molecule is O=C(NCc1ccccc1Cl)[C@@H]1C[C@@H](n2cnnn2)CN1Cc1cccc(Oc2ccccc2)c1. The van der Waals surface area contributed by atoms with Gasteiger partial charge in [0, 0.05) is 24.7 Å². The zero-order chi connectivity index (χ0) is 24.0. The number of aromatic nitrogens is 4. The van der Waals surface area contributed by atoms with Crippen molar-refractivity contribution >= 4 is 17.5 Å². The van der Waals surface area contributed by atoms with Crippen LogP contribution in [0.2, 0.25) is 5.02 Å². The highest BCUT2D eigenvalue weighted by Crippen LogP contribution is 2.30. The molecule has 1 amide bonds. The molecule has 0 saturated carbocycles. The van der Waals surface area contributed by atoms with Gasteiger partial charge in [0.25, 0.3) is 0 Å². The molecule has 9 heteroatoms. The van der Waals surface area contributed by atoms with E-state index in [1.807, 2.05) is 78.9 Å². The fourth-order valence-electron chi connectivity index (χ4n) is 4.36. The van der Waals surface area contributed by atoms with Gasteiger partial charge in [-0.2, -0.15) is 0 Å². The molecule has 4 aromatic rings. The Labute approximate surface area is 208 Å². The van der Waals surface area contributed by atoms with Gasteiger partial charge in [0.1, 0.15) is 17.8 Å². The van der Waals surface area contributed by atoms with Crippen LogP contribution >= 0.6 is 11.6 Å². The molecule has 2 atom stereocenters. The number of para-hydroxylation sites is 1. The minimum absolute atomic E-state index is 0.00446. The van der Waals surface area contributed by atoms with E-state index in [9.17, 15) is 4.79 Å². The van der Waals surface area contributed by atoms with Crippen LogP contribution in [0.15, 0.2) is 85.2 Å². The molecule has 0 spiro atoms. The van der Waals surface area contributed by atoms with Gasteiger partial charge in [-0.3, -0.25) is 9.69 Å². The van der Waals surface area contributed by atoms with E-state index in [1.165, 1.54) is 0 Å². The average Bonchev–Trinajstić information content (AvgIpc) is 3.55. The Kier molecular flexibility index (Phi) is 7.02. The number of nitrogens with one attached hydrogen (secondary N) is 1. The molecule has 5 rings (SSSR count). The first-order valence-corrected chi connectivity index (χ1v) is 11.8. The fraction of sp³-hybridized carbons (Fsp3) is 0.231. The lowest BCUT2D eigenvalue weighted by molar-refractivity contribution is -0.125. The van der Waals surface area contributed by atoms with Crippen molar-refractivity contribution in [2.75, 3.05) is 6.54 Å². The summed E-state index contributed by atoms with van der Waals surface area (Å²) in [5.74, 6) is 1.49. The average molecular weight is 489 g/mol. The monoisotopic (exact) mass is 488 g/mol. The van der Waals surface area contributed by atoms with Crippen molar-refractivity contribution in [3.8, 4) is 11.5 Å². The molecule has 0 aliphatic carbocycles. The summed E-state index contributed by atoms with van der Waals surface area (Å²) in [6, 6.07) is 24.8. The number of tetrazole rings is 1. The summed E-state index contributed by atoms with van der Waals surface area (Å²) in [7, 11) is 0. The number of halogens is 1. The lowest BCUT2D eigenvalue weighted by Crippen LogP contribution is -2.42. The van der Waals surface area contributed by atoms with E-state index in [0.717, 1.165) is 22.6 Å². The van der Waals surface area contributed by atoms with Crippen LogP contribution < -0.4 is 10.1 Å². The molecule has 1 aliphatic heterocycles. The van der Waals surface area contributed by atoms with E-state index in [4.69, 9.17) is 16.3 Å². The van der Waals surface area contributed by atoms with Gasteiger partial charge in [-0.05, 0) is 58.3 Å². The zero-order valence-corrected chi connectivity index (χ0v) is 19.8. The van der Waals surface area contributed by atoms with Gasteiger partial charge in [0.2, 0.25) is 5.91 Å². The number of carbonyl (C=O) groups is 1. The Balaban J connectivity index is 1.31. The van der Waals surface area contributed by atoms with Gasteiger partial charge in [0.05, 0.1) is 12.1 Å². The molecule has 1 saturated heterocycles. The van der Waals surface area contributed by atoms with Crippen molar-refractivity contribution < 1.29 is 9.53 Å². The minimum atomic E-state index is -0.328.